The summed E-state index contributed by atoms with van der Waals surface area (Å²) >= 11 is 0. The summed E-state index contributed by atoms with van der Waals surface area (Å²) < 4.78 is 60.0. The van der Waals surface area contributed by atoms with E-state index in [1.807, 2.05) is 0 Å². The second-order valence-corrected chi connectivity index (χ2v) is 1.78. The molecule has 0 heterocycles. The van der Waals surface area contributed by atoms with E-state index in [1.54, 1.807) is 0 Å². The zero-order valence-corrected chi connectivity index (χ0v) is 7.09. The first-order valence-electron chi connectivity index (χ1n) is 2.52. The molecule has 0 bridgehead atoms. The average Bonchev–Trinajstić information content (AvgIpc) is 1.97. The quantitative estimate of drug-likeness (QED) is 0.262. The Morgan fingerprint density at radius 2 is 1.00 bits per heavy atom. The fourth-order valence-electron chi connectivity index (χ4n) is 0.544. The molecule has 0 N–H and O–H groups in total. The summed E-state index contributed by atoms with van der Waals surface area (Å²) in [5.41, 5.74) is 0. The van der Waals surface area contributed by atoms with E-state index in [4.69, 9.17) is 0 Å². The monoisotopic (exact) mass is 202 g/mol. The summed E-state index contributed by atoms with van der Waals surface area (Å²) in [5, 5.41) is 0. The fraction of sp³-hybridized carbons (Fsp3) is 0. The molecule has 0 aliphatic rings. The molecule has 1 aromatic rings. The Morgan fingerprint density at radius 1 is 0.667 bits per heavy atom. The number of hydrogen-bond acceptors (Lipinski definition) is 0. The molecule has 0 aliphatic heterocycles. The Kier molecular flexibility index (Phi) is 3.58. The molecule has 1 unspecified atom stereocenters. The minimum Gasteiger partial charge on any atom is -0.204 e. The zero-order chi connectivity index (χ0) is 8.59. The van der Waals surface area contributed by atoms with E-state index in [0.29, 0.717) is 0 Å². The first-order valence-corrected chi connectivity index (χ1v) is 2.52. The third-order valence-electron chi connectivity index (χ3n) is 1.06. The second kappa shape index (κ2) is 3.81. The standard InChI is InChI=1S/C6HF5.H3P/c7-2-1-3(8)5(10)6(11)4(2)9;/h1H;1H3. The first kappa shape index (κ1) is 11.3. The SMILES string of the molecule is Fc1cc(F)c(F)c(F)c1F.P. The fourth-order valence-corrected chi connectivity index (χ4v) is 0.544. The van der Waals surface area contributed by atoms with Gasteiger partial charge < -0.3 is 0 Å². The number of benzene rings is 1. The number of halogens is 5. The van der Waals surface area contributed by atoms with Crippen LogP contribution in [-0.2, 0) is 0 Å². The summed E-state index contributed by atoms with van der Waals surface area (Å²) in [6.07, 6.45) is 0. The highest BCUT2D eigenvalue weighted by atomic mass is 31.0. The lowest BCUT2D eigenvalue weighted by atomic mass is 10.3. The summed E-state index contributed by atoms with van der Waals surface area (Å²) in [6.45, 7) is 0. The van der Waals surface area contributed by atoms with Gasteiger partial charge in [-0.2, -0.15) is 9.90 Å². The molecule has 0 fully saturated rings. The summed E-state index contributed by atoms with van der Waals surface area (Å²) in [4.78, 5) is 0. The molecular weight excluding hydrogens is 198 g/mol. The predicted octanol–water partition coefficient (Wildman–Crippen LogP) is 2.44. The molecule has 1 aromatic carbocycles. The lowest BCUT2D eigenvalue weighted by Gasteiger charge is -1.96. The van der Waals surface area contributed by atoms with Crippen LogP contribution in [0.4, 0.5) is 22.0 Å². The van der Waals surface area contributed by atoms with Crippen LogP contribution < -0.4 is 0 Å². The molecule has 0 nitrogen and oxygen atoms in total. The van der Waals surface area contributed by atoms with E-state index in [-0.39, 0.29) is 16.0 Å². The molecule has 0 spiro atoms. The van der Waals surface area contributed by atoms with Gasteiger partial charge in [-0.3, -0.25) is 0 Å². The minimum absolute atomic E-state index is 0. The lowest BCUT2D eigenvalue weighted by molar-refractivity contribution is 0.378. The molecule has 0 radical (unpaired) electrons. The van der Waals surface area contributed by atoms with E-state index in [1.165, 1.54) is 0 Å². The van der Waals surface area contributed by atoms with E-state index in [2.05, 4.69) is 0 Å². The summed E-state index contributed by atoms with van der Waals surface area (Å²) in [5.74, 6) is -9.65. The maximum atomic E-state index is 12.0. The van der Waals surface area contributed by atoms with Crippen molar-refractivity contribution in [2.75, 3.05) is 0 Å². The van der Waals surface area contributed by atoms with Gasteiger partial charge in [0.05, 0.1) is 0 Å². The number of rotatable bonds is 0. The minimum atomic E-state index is -2.14. The van der Waals surface area contributed by atoms with Gasteiger partial charge in [-0.25, -0.2) is 22.0 Å². The Hall–Kier alpha value is -0.700. The van der Waals surface area contributed by atoms with Crippen molar-refractivity contribution < 1.29 is 22.0 Å². The van der Waals surface area contributed by atoms with Crippen molar-refractivity contribution in [3.05, 3.63) is 35.2 Å². The molecule has 1 rings (SSSR count). The van der Waals surface area contributed by atoms with E-state index >= 15 is 0 Å². The van der Waals surface area contributed by atoms with Crippen molar-refractivity contribution in [2.45, 2.75) is 0 Å². The van der Waals surface area contributed by atoms with Gasteiger partial charge in [-0.15, -0.1) is 0 Å². The molecule has 0 saturated carbocycles. The molecule has 6 heteroatoms. The van der Waals surface area contributed by atoms with Crippen LogP contribution in [0.5, 0.6) is 0 Å². The van der Waals surface area contributed by atoms with Crippen molar-refractivity contribution in [1.29, 1.82) is 0 Å². The van der Waals surface area contributed by atoms with Gasteiger partial charge in [-0.1, -0.05) is 0 Å². The second-order valence-electron chi connectivity index (χ2n) is 1.78. The van der Waals surface area contributed by atoms with Crippen molar-refractivity contribution in [3.8, 4) is 0 Å². The highest BCUT2D eigenvalue weighted by molar-refractivity contribution is 6.92. The van der Waals surface area contributed by atoms with Crippen LogP contribution >= 0.6 is 9.90 Å². The van der Waals surface area contributed by atoms with Gasteiger partial charge in [0.15, 0.2) is 23.3 Å². The van der Waals surface area contributed by atoms with Crippen LogP contribution in [0.15, 0.2) is 6.07 Å². The Balaban J connectivity index is 0.00000121. The Morgan fingerprint density at radius 3 is 1.33 bits per heavy atom. The third-order valence-corrected chi connectivity index (χ3v) is 1.06. The average molecular weight is 202 g/mol. The van der Waals surface area contributed by atoms with Gasteiger partial charge in [0.25, 0.3) is 0 Å². The lowest BCUT2D eigenvalue weighted by Crippen LogP contribution is -1.98. The maximum absolute atomic E-state index is 12.0. The molecule has 12 heavy (non-hydrogen) atoms. The van der Waals surface area contributed by atoms with E-state index in [9.17, 15) is 22.0 Å². The maximum Gasteiger partial charge on any atom is 0.200 e. The molecule has 0 aromatic heterocycles. The van der Waals surface area contributed by atoms with Crippen LogP contribution in [-0.4, -0.2) is 0 Å². The highest BCUT2D eigenvalue weighted by Crippen LogP contribution is 2.16. The van der Waals surface area contributed by atoms with Crippen LogP contribution in [0.2, 0.25) is 0 Å². The predicted molar refractivity (Wildman–Crippen MR) is 37.3 cm³/mol. The van der Waals surface area contributed by atoms with Crippen molar-refractivity contribution in [3.63, 3.8) is 0 Å². The molecular formula is C6H4F5P. The van der Waals surface area contributed by atoms with Gasteiger partial charge in [0, 0.05) is 6.07 Å². The van der Waals surface area contributed by atoms with Crippen LogP contribution in [0.25, 0.3) is 0 Å². The van der Waals surface area contributed by atoms with Crippen molar-refractivity contribution in [1.82, 2.24) is 0 Å². The molecule has 0 amide bonds. The van der Waals surface area contributed by atoms with E-state index in [0.717, 1.165) is 0 Å². The van der Waals surface area contributed by atoms with Crippen LogP contribution in [0.3, 0.4) is 0 Å². The van der Waals surface area contributed by atoms with Crippen LogP contribution in [0, 0.1) is 29.1 Å². The normalized spacial score (nSPS) is 9.42. The highest BCUT2D eigenvalue weighted by Gasteiger charge is 2.18. The van der Waals surface area contributed by atoms with Crippen molar-refractivity contribution in [2.24, 2.45) is 0 Å². The van der Waals surface area contributed by atoms with Gasteiger partial charge in [0.1, 0.15) is 0 Å². The first-order chi connectivity index (χ1) is 5.04. The number of hydrogen-bond donors (Lipinski definition) is 0. The zero-order valence-electron chi connectivity index (χ0n) is 5.67. The Labute approximate surface area is 68.0 Å². The summed E-state index contributed by atoms with van der Waals surface area (Å²) in [6, 6.07) is -0.0618. The smallest absolute Gasteiger partial charge is 0.200 e. The molecule has 0 aliphatic carbocycles. The van der Waals surface area contributed by atoms with E-state index < -0.39 is 29.1 Å². The van der Waals surface area contributed by atoms with Gasteiger partial charge in [-0.05, 0) is 0 Å². The molecule has 1 atom stereocenters. The van der Waals surface area contributed by atoms with Gasteiger partial charge in [0.2, 0.25) is 5.82 Å². The van der Waals surface area contributed by atoms with Crippen LogP contribution in [0.1, 0.15) is 0 Å². The summed E-state index contributed by atoms with van der Waals surface area (Å²) in [7, 11) is 0. The third kappa shape index (κ3) is 1.72. The molecule has 0 saturated heterocycles. The van der Waals surface area contributed by atoms with Crippen molar-refractivity contribution >= 4 is 9.90 Å². The molecule has 68 valence electrons. The topological polar surface area (TPSA) is 0 Å². The Bertz CT molecular complexity index is 272. The van der Waals surface area contributed by atoms with Gasteiger partial charge >= 0.3 is 0 Å². The largest absolute Gasteiger partial charge is 0.204 e.